The predicted molar refractivity (Wildman–Crippen MR) is 100 cm³/mol. The van der Waals surface area contributed by atoms with Crippen molar-refractivity contribution < 1.29 is 14.6 Å². The number of aromatic hydroxyl groups is 1. The molecule has 4 rings (SSSR count). The molecule has 4 nitrogen and oxygen atoms in total. The normalized spacial score (nSPS) is 22.9. The molecule has 5 heteroatoms. The third kappa shape index (κ3) is 4.20. The fourth-order valence-electron chi connectivity index (χ4n) is 3.71. The van der Waals surface area contributed by atoms with E-state index in [0.29, 0.717) is 18.3 Å². The van der Waals surface area contributed by atoms with Crippen molar-refractivity contribution in [2.45, 2.75) is 24.9 Å². The second-order valence-electron chi connectivity index (χ2n) is 6.69. The maximum Gasteiger partial charge on any atom is 0.161 e. The van der Waals surface area contributed by atoms with Gasteiger partial charge in [0.15, 0.2) is 11.5 Å². The lowest BCUT2D eigenvalue weighted by Crippen LogP contribution is -2.44. The largest absolute Gasteiger partial charge is 0.508 e. The van der Waals surface area contributed by atoms with Gasteiger partial charge in [0.1, 0.15) is 18.5 Å². The van der Waals surface area contributed by atoms with Gasteiger partial charge in [0.05, 0.1) is 0 Å². The molecule has 2 aromatic rings. The van der Waals surface area contributed by atoms with E-state index in [2.05, 4.69) is 11.0 Å². The molecule has 0 spiro atoms. The summed E-state index contributed by atoms with van der Waals surface area (Å²) in [6.07, 6.45) is 2.41. The van der Waals surface area contributed by atoms with Gasteiger partial charge in [0, 0.05) is 13.1 Å². The third-order valence-electron chi connectivity index (χ3n) is 4.88. The van der Waals surface area contributed by atoms with E-state index >= 15 is 0 Å². The SMILES string of the molecule is Cl.Oc1cccc([C@H]2CCCN(C[C@H]3COc4ccccc4O3)C2)c1. The van der Waals surface area contributed by atoms with Crippen LogP contribution in [0.25, 0.3) is 0 Å². The van der Waals surface area contributed by atoms with Crippen molar-refractivity contribution in [2.75, 3.05) is 26.2 Å². The molecule has 2 aromatic carbocycles. The number of benzene rings is 2. The summed E-state index contributed by atoms with van der Waals surface area (Å²) in [7, 11) is 0. The van der Waals surface area contributed by atoms with E-state index in [1.165, 1.54) is 18.4 Å². The zero-order valence-electron chi connectivity index (χ0n) is 14.1. The maximum absolute atomic E-state index is 9.71. The minimum atomic E-state index is 0. The van der Waals surface area contributed by atoms with E-state index in [4.69, 9.17) is 9.47 Å². The number of para-hydroxylation sites is 2. The average molecular weight is 362 g/mol. The van der Waals surface area contributed by atoms with Crippen LogP contribution in [-0.4, -0.2) is 42.4 Å². The van der Waals surface area contributed by atoms with Gasteiger partial charge in [-0.3, -0.25) is 4.90 Å². The van der Waals surface area contributed by atoms with Crippen LogP contribution in [-0.2, 0) is 0 Å². The van der Waals surface area contributed by atoms with Gasteiger partial charge >= 0.3 is 0 Å². The van der Waals surface area contributed by atoms with Crippen molar-refractivity contribution in [3.8, 4) is 17.2 Å². The summed E-state index contributed by atoms with van der Waals surface area (Å²) >= 11 is 0. The third-order valence-corrected chi connectivity index (χ3v) is 4.88. The van der Waals surface area contributed by atoms with E-state index in [9.17, 15) is 5.11 Å². The van der Waals surface area contributed by atoms with Crippen LogP contribution in [0.3, 0.4) is 0 Å². The molecule has 2 aliphatic rings. The van der Waals surface area contributed by atoms with Gasteiger partial charge in [0.25, 0.3) is 0 Å². The Morgan fingerprint density at radius 3 is 2.76 bits per heavy atom. The Hall–Kier alpha value is -1.91. The molecule has 134 valence electrons. The number of hydrogen-bond acceptors (Lipinski definition) is 4. The average Bonchev–Trinajstić information content (AvgIpc) is 2.62. The predicted octanol–water partition coefficient (Wildman–Crippen LogP) is 3.83. The van der Waals surface area contributed by atoms with E-state index < -0.39 is 0 Å². The molecule has 0 amide bonds. The van der Waals surface area contributed by atoms with E-state index in [-0.39, 0.29) is 18.5 Å². The van der Waals surface area contributed by atoms with Gasteiger partial charge in [-0.1, -0.05) is 24.3 Å². The number of likely N-dealkylation sites (tertiary alicyclic amines) is 1. The lowest BCUT2D eigenvalue weighted by atomic mass is 9.90. The van der Waals surface area contributed by atoms with Crippen LogP contribution in [0.15, 0.2) is 48.5 Å². The molecule has 0 aromatic heterocycles. The number of ether oxygens (including phenoxy) is 2. The van der Waals surface area contributed by atoms with E-state index in [1.54, 1.807) is 6.07 Å². The number of phenolic OH excluding ortho intramolecular Hbond substituents is 1. The molecule has 0 saturated carbocycles. The summed E-state index contributed by atoms with van der Waals surface area (Å²) in [5, 5.41) is 9.71. The van der Waals surface area contributed by atoms with Crippen LogP contribution in [0.1, 0.15) is 24.3 Å². The highest BCUT2D eigenvalue weighted by Crippen LogP contribution is 2.32. The molecule has 0 unspecified atom stereocenters. The summed E-state index contributed by atoms with van der Waals surface area (Å²) in [5.74, 6) is 2.51. The van der Waals surface area contributed by atoms with Crippen molar-refractivity contribution in [1.29, 1.82) is 0 Å². The van der Waals surface area contributed by atoms with Crippen molar-refractivity contribution in [2.24, 2.45) is 0 Å². The molecule has 1 N–H and O–H groups in total. The molecule has 0 radical (unpaired) electrons. The highest BCUT2D eigenvalue weighted by Gasteiger charge is 2.27. The number of nitrogens with zero attached hydrogens (tertiary/aromatic N) is 1. The zero-order chi connectivity index (χ0) is 16.4. The molecule has 1 fully saturated rings. The smallest absolute Gasteiger partial charge is 0.161 e. The van der Waals surface area contributed by atoms with Crippen molar-refractivity contribution in [1.82, 2.24) is 4.90 Å². The highest BCUT2D eigenvalue weighted by molar-refractivity contribution is 5.85. The Kier molecular flexibility index (Phi) is 5.71. The summed E-state index contributed by atoms with van der Waals surface area (Å²) < 4.78 is 11.9. The van der Waals surface area contributed by atoms with Crippen molar-refractivity contribution in [3.63, 3.8) is 0 Å². The molecule has 2 atom stereocenters. The van der Waals surface area contributed by atoms with Crippen molar-refractivity contribution >= 4 is 12.4 Å². The van der Waals surface area contributed by atoms with E-state index in [1.807, 2.05) is 36.4 Å². The number of rotatable bonds is 3. The fourth-order valence-corrected chi connectivity index (χ4v) is 3.71. The van der Waals surface area contributed by atoms with Gasteiger partial charge in [-0.05, 0) is 55.1 Å². The van der Waals surface area contributed by atoms with Crippen LogP contribution in [0.5, 0.6) is 17.2 Å². The van der Waals surface area contributed by atoms with Crippen LogP contribution in [0.4, 0.5) is 0 Å². The number of halogens is 1. The molecular weight excluding hydrogens is 338 g/mol. The first-order valence-electron chi connectivity index (χ1n) is 8.68. The molecule has 2 heterocycles. The molecule has 2 aliphatic heterocycles. The number of fused-ring (bicyclic) bond motifs is 1. The molecular formula is C20H24ClNO3. The van der Waals surface area contributed by atoms with Gasteiger partial charge in [-0.2, -0.15) is 0 Å². The lowest BCUT2D eigenvalue weighted by Gasteiger charge is -2.36. The molecule has 1 saturated heterocycles. The summed E-state index contributed by atoms with van der Waals surface area (Å²) in [5.41, 5.74) is 1.23. The molecule has 0 bridgehead atoms. The topological polar surface area (TPSA) is 41.9 Å². The minimum Gasteiger partial charge on any atom is -0.508 e. The van der Waals surface area contributed by atoms with Crippen molar-refractivity contribution in [3.05, 3.63) is 54.1 Å². The van der Waals surface area contributed by atoms with Gasteiger partial charge < -0.3 is 14.6 Å². The van der Waals surface area contributed by atoms with Gasteiger partial charge in [0.2, 0.25) is 0 Å². The summed E-state index contributed by atoms with van der Waals surface area (Å²) in [6, 6.07) is 15.5. The van der Waals surface area contributed by atoms with E-state index in [0.717, 1.165) is 31.1 Å². The zero-order valence-corrected chi connectivity index (χ0v) is 15.0. The first-order valence-corrected chi connectivity index (χ1v) is 8.68. The maximum atomic E-state index is 9.71. The van der Waals surface area contributed by atoms with Crippen LogP contribution in [0.2, 0.25) is 0 Å². The van der Waals surface area contributed by atoms with Crippen LogP contribution >= 0.6 is 12.4 Å². The monoisotopic (exact) mass is 361 g/mol. The molecule has 25 heavy (non-hydrogen) atoms. The lowest BCUT2D eigenvalue weighted by molar-refractivity contribution is 0.0504. The highest BCUT2D eigenvalue weighted by atomic mass is 35.5. The summed E-state index contributed by atoms with van der Waals surface area (Å²) in [4.78, 5) is 2.46. The Morgan fingerprint density at radius 1 is 1.08 bits per heavy atom. The van der Waals surface area contributed by atoms with Crippen LogP contribution in [0, 0.1) is 0 Å². The molecule has 0 aliphatic carbocycles. The Labute approximate surface area is 154 Å². The second kappa shape index (κ2) is 7.98. The number of hydrogen-bond donors (Lipinski definition) is 1. The quantitative estimate of drug-likeness (QED) is 0.902. The van der Waals surface area contributed by atoms with Gasteiger partial charge in [-0.25, -0.2) is 0 Å². The Balaban J connectivity index is 0.00000182. The Morgan fingerprint density at radius 2 is 1.92 bits per heavy atom. The Bertz CT molecular complexity index is 709. The second-order valence-corrected chi connectivity index (χ2v) is 6.69. The summed E-state index contributed by atoms with van der Waals surface area (Å²) in [6.45, 7) is 3.58. The first-order chi connectivity index (χ1) is 11.8. The van der Waals surface area contributed by atoms with Crippen LogP contribution < -0.4 is 9.47 Å². The minimum absolute atomic E-state index is 0. The number of phenols is 1. The standard InChI is InChI=1S/C20H23NO3.ClH/c22-17-7-3-5-15(11-17)16-6-4-10-21(12-16)13-18-14-23-19-8-1-2-9-20(19)24-18;/h1-3,5,7-9,11,16,18,22H,4,6,10,12-14H2;1H/t16-,18-;/m0./s1. The fraction of sp³-hybridized carbons (Fsp3) is 0.400. The number of piperidine rings is 1. The first kappa shape index (κ1) is 17.9. The van der Waals surface area contributed by atoms with Gasteiger partial charge in [-0.15, -0.1) is 12.4 Å².